The predicted molar refractivity (Wildman–Crippen MR) is 74.5 cm³/mol. The Bertz CT molecular complexity index is 656. The summed E-state index contributed by atoms with van der Waals surface area (Å²) < 4.78 is 2.16. The molecule has 0 spiro atoms. The van der Waals surface area contributed by atoms with Crippen molar-refractivity contribution < 1.29 is 0 Å². The van der Waals surface area contributed by atoms with Gasteiger partial charge in [-0.25, -0.2) is 0 Å². The topological polar surface area (TPSA) is 29.9 Å². The molecule has 0 fully saturated rings. The van der Waals surface area contributed by atoms with Crippen LogP contribution in [0.3, 0.4) is 0 Å². The molecule has 0 saturated carbocycles. The van der Waals surface area contributed by atoms with Crippen LogP contribution >= 0.6 is 0 Å². The minimum Gasteiger partial charge on any atom is -0.380 e. The Morgan fingerprint density at radius 3 is 2.89 bits per heavy atom. The highest BCUT2D eigenvalue weighted by Crippen LogP contribution is 2.21. The molecule has 3 aromatic rings. The Hall–Kier alpha value is -2.29. The monoisotopic (exact) mass is 237 g/mol. The van der Waals surface area contributed by atoms with Crippen LogP contribution in [-0.4, -0.2) is 9.55 Å². The first kappa shape index (κ1) is 10.8. The first-order valence-corrected chi connectivity index (χ1v) is 6.01. The van der Waals surface area contributed by atoms with Crippen LogP contribution in [0, 0.1) is 0 Å². The van der Waals surface area contributed by atoms with Gasteiger partial charge in [0, 0.05) is 43.1 Å². The summed E-state index contributed by atoms with van der Waals surface area (Å²) in [5.74, 6) is 0. The summed E-state index contributed by atoms with van der Waals surface area (Å²) in [6.07, 6.45) is 5.79. The molecule has 0 saturated heterocycles. The highest BCUT2D eigenvalue weighted by Gasteiger charge is 2.05. The van der Waals surface area contributed by atoms with Crippen molar-refractivity contribution in [1.29, 1.82) is 0 Å². The molecule has 18 heavy (non-hydrogen) atoms. The summed E-state index contributed by atoms with van der Waals surface area (Å²) in [5.41, 5.74) is 3.61. The summed E-state index contributed by atoms with van der Waals surface area (Å²) >= 11 is 0. The van der Waals surface area contributed by atoms with Crippen molar-refractivity contribution in [3.8, 4) is 0 Å². The van der Waals surface area contributed by atoms with E-state index in [4.69, 9.17) is 0 Å². The van der Waals surface area contributed by atoms with Crippen molar-refractivity contribution >= 4 is 16.6 Å². The number of hydrogen-bond donors (Lipinski definition) is 1. The molecule has 0 aliphatic heterocycles. The Labute approximate surface area is 106 Å². The SMILES string of the molecule is Cn1cc(CNc2cccnc2)c2ccccc21. The van der Waals surface area contributed by atoms with Crippen molar-refractivity contribution in [3.63, 3.8) is 0 Å². The van der Waals surface area contributed by atoms with Crippen molar-refractivity contribution in [2.45, 2.75) is 6.54 Å². The standard InChI is InChI=1S/C15H15N3/c1-18-11-12(14-6-2-3-7-15(14)18)9-17-13-5-4-8-16-10-13/h2-8,10-11,17H,9H2,1H3. The molecule has 0 atom stereocenters. The van der Waals surface area contributed by atoms with E-state index in [-0.39, 0.29) is 0 Å². The zero-order chi connectivity index (χ0) is 12.4. The Morgan fingerprint density at radius 2 is 2.06 bits per heavy atom. The quantitative estimate of drug-likeness (QED) is 0.758. The summed E-state index contributed by atoms with van der Waals surface area (Å²) in [4.78, 5) is 4.10. The number of rotatable bonds is 3. The van der Waals surface area contributed by atoms with E-state index in [1.807, 2.05) is 18.3 Å². The molecule has 3 heteroatoms. The fourth-order valence-electron chi connectivity index (χ4n) is 2.23. The van der Waals surface area contributed by atoms with Crippen LogP contribution < -0.4 is 5.32 Å². The molecule has 0 radical (unpaired) electrons. The van der Waals surface area contributed by atoms with Gasteiger partial charge in [-0.15, -0.1) is 0 Å². The maximum atomic E-state index is 4.10. The molecular formula is C15H15N3. The molecular weight excluding hydrogens is 222 g/mol. The molecule has 3 nitrogen and oxygen atoms in total. The first-order chi connectivity index (χ1) is 8.84. The number of anilines is 1. The lowest BCUT2D eigenvalue weighted by Gasteiger charge is -2.04. The van der Waals surface area contributed by atoms with Crippen LogP contribution in [0.1, 0.15) is 5.56 Å². The summed E-state index contributed by atoms with van der Waals surface area (Å²) in [7, 11) is 2.08. The Morgan fingerprint density at radius 1 is 1.17 bits per heavy atom. The number of para-hydroxylation sites is 1. The summed E-state index contributed by atoms with van der Waals surface area (Å²) in [6.45, 7) is 0.813. The fraction of sp³-hybridized carbons (Fsp3) is 0.133. The Kier molecular flexibility index (Phi) is 2.73. The summed E-state index contributed by atoms with van der Waals surface area (Å²) in [5, 5.41) is 4.69. The van der Waals surface area contributed by atoms with Gasteiger partial charge in [0.2, 0.25) is 0 Å². The van der Waals surface area contributed by atoms with Crippen LogP contribution in [0.4, 0.5) is 5.69 Å². The van der Waals surface area contributed by atoms with Gasteiger partial charge in [-0.3, -0.25) is 4.98 Å². The lowest BCUT2D eigenvalue weighted by atomic mass is 10.2. The van der Waals surface area contributed by atoms with Crippen molar-refractivity contribution in [1.82, 2.24) is 9.55 Å². The maximum Gasteiger partial charge on any atom is 0.0529 e. The molecule has 90 valence electrons. The van der Waals surface area contributed by atoms with E-state index >= 15 is 0 Å². The first-order valence-electron chi connectivity index (χ1n) is 6.01. The van der Waals surface area contributed by atoms with E-state index in [2.05, 4.69) is 52.4 Å². The number of nitrogens with zero attached hydrogens (tertiary/aromatic N) is 2. The average molecular weight is 237 g/mol. The lowest BCUT2D eigenvalue weighted by Crippen LogP contribution is -1.98. The second kappa shape index (κ2) is 4.53. The minimum absolute atomic E-state index is 0.813. The van der Waals surface area contributed by atoms with E-state index in [9.17, 15) is 0 Å². The summed E-state index contributed by atoms with van der Waals surface area (Å²) in [6, 6.07) is 12.4. The third-order valence-corrected chi connectivity index (χ3v) is 3.12. The van der Waals surface area contributed by atoms with E-state index in [1.54, 1.807) is 6.20 Å². The second-order valence-corrected chi connectivity index (χ2v) is 4.38. The number of aromatic nitrogens is 2. The van der Waals surface area contributed by atoms with Gasteiger partial charge in [-0.1, -0.05) is 18.2 Å². The molecule has 2 heterocycles. The highest BCUT2D eigenvalue weighted by atomic mass is 14.9. The smallest absolute Gasteiger partial charge is 0.0529 e. The highest BCUT2D eigenvalue weighted by molar-refractivity contribution is 5.84. The fourth-order valence-corrected chi connectivity index (χ4v) is 2.23. The molecule has 3 rings (SSSR count). The van der Waals surface area contributed by atoms with Crippen molar-refractivity contribution in [2.24, 2.45) is 7.05 Å². The minimum atomic E-state index is 0.813. The van der Waals surface area contributed by atoms with Gasteiger partial charge in [0.15, 0.2) is 0 Å². The van der Waals surface area contributed by atoms with Gasteiger partial charge >= 0.3 is 0 Å². The molecule has 2 aromatic heterocycles. The zero-order valence-corrected chi connectivity index (χ0v) is 10.3. The average Bonchev–Trinajstić information content (AvgIpc) is 2.75. The molecule has 0 amide bonds. The molecule has 0 aliphatic carbocycles. The van der Waals surface area contributed by atoms with Crippen LogP contribution in [0.15, 0.2) is 55.0 Å². The van der Waals surface area contributed by atoms with Gasteiger partial charge in [0.1, 0.15) is 0 Å². The molecule has 1 N–H and O–H groups in total. The van der Waals surface area contributed by atoms with Crippen LogP contribution in [0.25, 0.3) is 10.9 Å². The van der Waals surface area contributed by atoms with Gasteiger partial charge in [0.25, 0.3) is 0 Å². The van der Waals surface area contributed by atoms with Gasteiger partial charge < -0.3 is 9.88 Å². The van der Waals surface area contributed by atoms with Gasteiger partial charge in [-0.2, -0.15) is 0 Å². The van der Waals surface area contributed by atoms with E-state index in [1.165, 1.54) is 16.5 Å². The number of hydrogen-bond acceptors (Lipinski definition) is 2. The van der Waals surface area contributed by atoms with Crippen LogP contribution in [0.2, 0.25) is 0 Å². The third-order valence-electron chi connectivity index (χ3n) is 3.12. The largest absolute Gasteiger partial charge is 0.380 e. The maximum absolute atomic E-state index is 4.10. The predicted octanol–water partition coefficient (Wildman–Crippen LogP) is 3.19. The number of aryl methyl sites for hydroxylation is 1. The number of benzene rings is 1. The number of fused-ring (bicyclic) bond motifs is 1. The van der Waals surface area contributed by atoms with E-state index < -0.39 is 0 Å². The molecule has 1 aromatic carbocycles. The normalized spacial score (nSPS) is 10.7. The van der Waals surface area contributed by atoms with Gasteiger partial charge in [0.05, 0.1) is 5.69 Å². The van der Waals surface area contributed by atoms with Crippen LogP contribution in [0.5, 0.6) is 0 Å². The van der Waals surface area contributed by atoms with E-state index in [0.29, 0.717) is 0 Å². The molecule has 0 unspecified atom stereocenters. The number of pyridine rings is 1. The second-order valence-electron chi connectivity index (χ2n) is 4.38. The van der Waals surface area contributed by atoms with Crippen molar-refractivity contribution in [3.05, 3.63) is 60.6 Å². The molecule has 0 bridgehead atoms. The lowest BCUT2D eigenvalue weighted by molar-refractivity contribution is 0.955. The zero-order valence-electron chi connectivity index (χ0n) is 10.3. The van der Waals surface area contributed by atoms with E-state index in [0.717, 1.165) is 12.2 Å². The Balaban J connectivity index is 1.87. The molecule has 0 aliphatic rings. The third kappa shape index (κ3) is 1.95. The van der Waals surface area contributed by atoms with Crippen molar-refractivity contribution in [2.75, 3.05) is 5.32 Å². The van der Waals surface area contributed by atoms with Gasteiger partial charge in [-0.05, 0) is 23.8 Å². The van der Waals surface area contributed by atoms with Crippen LogP contribution in [-0.2, 0) is 13.6 Å². The number of nitrogens with one attached hydrogen (secondary N) is 1.